The number of hydrogen-bond donors (Lipinski definition) is 0. The summed E-state index contributed by atoms with van der Waals surface area (Å²) < 4.78 is 35.3. The van der Waals surface area contributed by atoms with Gasteiger partial charge in [-0.05, 0) is 60.7 Å². The van der Waals surface area contributed by atoms with E-state index in [0.29, 0.717) is 0 Å². The molecule has 0 spiro atoms. The third-order valence-electron chi connectivity index (χ3n) is 7.97. The minimum absolute atomic E-state index is 0.146. The van der Waals surface area contributed by atoms with Crippen LogP contribution in [0.25, 0.3) is 0 Å². The molecule has 5 aromatic rings. The van der Waals surface area contributed by atoms with Crippen molar-refractivity contribution in [3.05, 3.63) is 179 Å². The van der Waals surface area contributed by atoms with Gasteiger partial charge in [0.2, 0.25) is 12.4 Å². The summed E-state index contributed by atoms with van der Waals surface area (Å²) in [4.78, 5) is 67.0. The summed E-state index contributed by atoms with van der Waals surface area (Å²) in [6.07, 6.45) is -7.79. The first-order valence-corrected chi connectivity index (χ1v) is 16.3. The summed E-state index contributed by atoms with van der Waals surface area (Å²) in [5.74, 6) is -4.08. The molecule has 0 saturated carbocycles. The van der Waals surface area contributed by atoms with Crippen LogP contribution in [0, 0.1) is 0 Å². The van der Waals surface area contributed by atoms with Gasteiger partial charge in [-0.3, -0.25) is 0 Å². The van der Waals surface area contributed by atoms with Gasteiger partial charge in [0.25, 0.3) is 0 Å². The monoisotopic (exact) mass is 700 g/mol. The van der Waals surface area contributed by atoms with Crippen LogP contribution in [0.3, 0.4) is 0 Å². The summed E-state index contributed by atoms with van der Waals surface area (Å²) in [5, 5.41) is 0. The summed E-state index contributed by atoms with van der Waals surface area (Å²) in [6.45, 7) is -0.588. The largest absolute Gasteiger partial charge is 0.458 e. The van der Waals surface area contributed by atoms with E-state index in [1.165, 1.54) is 48.5 Å². The Morgan fingerprint density at radius 3 is 1.21 bits per heavy atom. The second kappa shape index (κ2) is 16.9. The van der Waals surface area contributed by atoms with Crippen molar-refractivity contribution in [2.45, 2.75) is 30.7 Å². The number of ether oxygens (including phenoxy) is 6. The van der Waals surface area contributed by atoms with E-state index in [4.69, 9.17) is 28.4 Å². The van der Waals surface area contributed by atoms with E-state index < -0.39 is 67.2 Å². The molecule has 0 N–H and O–H groups in total. The number of rotatable bonds is 12. The van der Waals surface area contributed by atoms with E-state index >= 15 is 0 Å². The van der Waals surface area contributed by atoms with Crippen molar-refractivity contribution in [2.24, 2.45) is 0 Å². The van der Waals surface area contributed by atoms with Gasteiger partial charge in [-0.1, -0.05) is 91.0 Å². The van der Waals surface area contributed by atoms with Crippen molar-refractivity contribution >= 4 is 29.8 Å². The Balaban J connectivity index is 1.38. The molecule has 5 aromatic carbocycles. The summed E-state index contributed by atoms with van der Waals surface area (Å²) in [6, 6.07) is 40.1. The lowest BCUT2D eigenvalue weighted by atomic mass is 10.0. The molecule has 5 atom stereocenters. The van der Waals surface area contributed by atoms with Crippen LogP contribution in [-0.4, -0.2) is 67.2 Å². The first-order valence-electron chi connectivity index (χ1n) is 16.3. The van der Waals surface area contributed by atoms with Crippen LogP contribution >= 0.6 is 0 Å². The molecule has 262 valence electrons. The van der Waals surface area contributed by atoms with Crippen LogP contribution in [0.4, 0.5) is 0 Å². The topological polar surface area (TPSA) is 141 Å². The van der Waals surface area contributed by atoms with E-state index in [2.05, 4.69) is 0 Å². The van der Waals surface area contributed by atoms with Crippen molar-refractivity contribution in [3.8, 4) is 0 Å². The molecule has 11 heteroatoms. The van der Waals surface area contributed by atoms with Crippen molar-refractivity contribution in [1.82, 2.24) is 0 Å². The van der Waals surface area contributed by atoms with Crippen molar-refractivity contribution < 1.29 is 52.4 Å². The maximum atomic E-state index is 13.6. The molecule has 1 saturated heterocycles. The normalized spacial score (nSPS) is 18.3. The summed E-state index contributed by atoms with van der Waals surface area (Å²) in [7, 11) is 0. The second-order valence-corrected chi connectivity index (χ2v) is 11.5. The van der Waals surface area contributed by atoms with Crippen LogP contribution in [0.1, 0.15) is 51.8 Å². The molecule has 0 amide bonds. The first-order chi connectivity index (χ1) is 25.4. The van der Waals surface area contributed by atoms with Gasteiger partial charge in [0.1, 0.15) is 12.7 Å². The molecule has 0 radical (unpaired) electrons. The van der Waals surface area contributed by atoms with E-state index in [1.54, 1.807) is 103 Å². The highest BCUT2D eigenvalue weighted by Crippen LogP contribution is 2.33. The van der Waals surface area contributed by atoms with E-state index in [0.717, 1.165) is 0 Å². The number of carbonyl (C=O) groups excluding carboxylic acids is 5. The van der Waals surface area contributed by atoms with Gasteiger partial charge in [0, 0.05) is 0 Å². The standard InChI is InChI=1S/C41H32O11/c42-36(27-16-6-1-7-17-27)47-26-32(48-37(43)28-18-8-2-9-19-28)33-34(49-38(44)29-20-10-3-11-21-29)35(50-39(45)30-22-12-4-13-23-30)41(51-33)52-40(46)31-24-14-5-15-25-31/h1-25,32-35,41H,26H2/t32-,33?,34-,35+,41?/m0/s1. The molecule has 1 aliphatic heterocycles. The molecule has 0 bridgehead atoms. The highest BCUT2D eigenvalue weighted by molar-refractivity contribution is 5.92. The average Bonchev–Trinajstić information content (AvgIpc) is 3.52. The van der Waals surface area contributed by atoms with Crippen molar-refractivity contribution in [3.63, 3.8) is 0 Å². The fourth-order valence-electron chi connectivity index (χ4n) is 5.37. The Bertz CT molecular complexity index is 1970. The van der Waals surface area contributed by atoms with Gasteiger partial charge >= 0.3 is 29.8 Å². The van der Waals surface area contributed by atoms with Crippen LogP contribution in [0.2, 0.25) is 0 Å². The lowest BCUT2D eigenvalue weighted by molar-refractivity contribution is -0.156. The van der Waals surface area contributed by atoms with Gasteiger partial charge in [-0.2, -0.15) is 0 Å². The maximum Gasteiger partial charge on any atom is 0.340 e. The zero-order chi connectivity index (χ0) is 36.3. The molecular formula is C41H32O11. The third kappa shape index (κ3) is 8.76. The van der Waals surface area contributed by atoms with E-state index in [-0.39, 0.29) is 27.8 Å². The predicted molar refractivity (Wildman–Crippen MR) is 184 cm³/mol. The minimum atomic E-state index is -1.68. The zero-order valence-electron chi connectivity index (χ0n) is 27.5. The zero-order valence-corrected chi connectivity index (χ0v) is 27.5. The van der Waals surface area contributed by atoms with Crippen molar-refractivity contribution in [1.29, 1.82) is 0 Å². The van der Waals surface area contributed by atoms with E-state index in [9.17, 15) is 24.0 Å². The molecule has 11 nitrogen and oxygen atoms in total. The fourth-order valence-corrected chi connectivity index (χ4v) is 5.37. The summed E-state index contributed by atoms with van der Waals surface area (Å²) in [5.41, 5.74) is 0.837. The first kappa shape index (κ1) is 35.2. The maximum absolute atomic E-state index is 13.6. The Labute approximate surface area is 298 Å². The SMILES string of the molecule is O=C(OC[C@H](OC(=O)c1ccccc1)C1OC(OC(=O)c2ccccc2)[C@H](OC(=O)c2ccccc2)[C@H]1OC(=O)c1ccccc1)c1ccccc1. The highest BCUT2D eigenvalue weighted by atomic mass is 16.8. The van der Waals surface area contributed by atoms with Crippen LogP contribution in [0.15, 0.2) is 152 Å². The van der Waals surface area contributed by atoms with Crippen LogP contribution < -0.4 is 0 Å². The summed E-state index contributed by atoms with van der Waals surface area (Å²) >= 11 is 0. The molecule has 1 heterocycles. The quantitative estimate of drug-likeness (QED) is 0.110. The lowest BCUT2D eigenvalue weighted by Crippen LogP contribution is -2.47. The number of benzene rings is 5. The number of hydrogen-bond acceptors (Lipinski definition) is 11. The molecular weight excluding hydrogens is 668 g/mol. The number of carbonyl (C=O) groups is 5. The van der Waals surface area contributed by atoms with Crippen LogP contribution in [0.5, 0.6) is 0 Å². The van der Waals surface area contributed by atoms with Gasteiger partial charge in [0.15, 0.2) is 12.2 Å². The molecule has 0 aromatic heterocycles. The second-order valence-electron chi connectivity index (χ2n) is 11.5. The fraction of sp³-hybridized carbons (Fsp3) is 0.146. The predicted octanol–water partition coefficient (Wildman–Crippen LogP) is 6.10. The Kier molecular flexibility index (Phi) is 11.4. The van der Waals surface area contributed by atoms with Gasteiger partial charge in [-0.25, -0.2) is 24.0 Å². The number of esters is 5. The van der Waals surface area contributed by atoms with E-state index in [1.807, 2.05) is 0 Å². The Morgan fingerprint density at radius 1 is 0.442 bits per heavy atom. The van der Waals surface area contributed by atoms with Gasteiger partial charge in [0.05, 0.1) is 27.8 Å². The smallest absolute Gasteiger partial charge is 0.340 e. The molecule has 0 aliphatic carbocycles. The molecule has 2 unspecified atom stereocenters. The lowest BCUT2D eigenvalue weighted by Gasteiger charge is -2.28. The van der Waals surface area contributed by atoms with Gasteiger partial charge in [-0.15, -0.1) is 0 Å². The van der Waals surface area contributed by atoms with Gasteiger partial charge < -0.3 is 28.4 Å². The molecule has 52 heavy (non-hydrogen) atoms. The van der Waals surface area contributed by atoms with Crippen molar-refractivity contribution in [2.75, 3.05) is 6.61 Å². The highest BCUT2D eigenvalue weighted by Gasteiger charge is 2.56. The molecule has 1 aliphatic rings. The minimum Gasteiger partial charge on any atom is -0.458 e. The molecule has 6 rings (SSSR count). The average molecular weight is 701 g/mol. The Morgan fingerprint density at radius 2 is 0.788 bits per heavy atom. The molecule has 1 fully saturated rings. The third-order valence-corrected chi connectivity index (χ3v) is 7.97. The van der Waals surface area contributed by atoms with Crippen LogP contribution in [-0.2, 0) is 28.4 Å². The Hall–Kier alpha value is -6.59.